The van der Waals surface area contributed by atoms with Crippen LogP contribution in [0.25, 0.3) is 0 Å². The second-order valence-corrected chi connectivity index (χ2v) is 4.48. The number of alkyl halides is 3. The highest BCUT2D eigenvalue weighted by Crippen LogP contribution is 2.29. The first-order valence-electron chi connectivity index (χ1n) is 6.37. The smallest absolute Gasteiger partial charge is 0.416 e. The Morgan fingerprint density at radius 1 is 0.950 bits per heavy atom. The van der Waals surface area contributed by atoms with Gasteiger partial charge in [-0.25, -0.2) is 0 Å². The predicted octanol–water partition coefficient (Wildman–Crippen LogP) is 4.85. The van der Waals surface area contributed by atoms with Gasteiger partial charge in [-0.1, -0.05) is 31.2 Å². The highest BCUT2D eigenvalue weighted by molar-refractivity contribution is 5.29. The maximum atomic E-state index is 12.4. The van der Waals surface area contributed by atoms with Gasteiger partial charge in [0.25, 0.3) is 0 Å². The SMILES string of the molecule is CCc1cccc(OCc2ccc(C(F)(F)F)cc2)c1. The summed E-state index contributed by atoms with van der Waals surface area (Å²) in [6, 6.07) is 12.7. The predicted molar refractivity (Wildman–Crippen MR) is 71.6 cm³/mol. The fraction of sp³-hybridized carbons (Fsp3) is 0.250. The van der Waals surface area contributed by atoms with Gasteiger partial charge in [-0.2, -0.15) is 13.2 Å². The molecule has 4 heteroatoms. The Bertz CT molecular complexity index is 559. The number of hydrogen-bond acceptors (Lipinski definition) is 1. The van der Waals surface area contributed by atoms with E-state index in [2.05, 4.69) is 6.92 Å². The molecule has 0 amide bonds. The summed E-state index contributed by atoms with van der Waals surface area (Å²) in [7, 11) is 0. The topological polar surface area (TPSA) is 9.23 Å². The lowest BCUT2D eigenvalue weighted by molar-refractivity contribution is -0.137. The number of hydrogen-bond donors (Lipinski definition) is 0. The summed E-state index contributed by atoms with van der Waals surface area (Å²) < 4.78 is 42.8. The van der Waals surface area contributed by atoms with Gasteiger partial charge in [-0.05, 0) is 41.8 Å². The molecule has 0 aliphatic rings. The largest absolute Gasteiger partial charge is 0.489 e. The lowest BCUT2D eigenvalue weighted by Crippen LogP contribution is -2.05. The molecule has 0 saturated heterocycles. The molecular weight excluding hydrogens is 265 g/mol. The van der Waals surface area contributed by atoms with Crippen molar-refractivity contribution in [3.05, 3.63) is 65.2 Å². The Balaban J connectivity index is 2.00. The second kappa shape index (κ2) is 5.99. The van der Waals surface area contributed by atoms with E-state index in [-0.39, 0.29) is 6.61 Å². The minimum atomic E-state index is -4.30. The fourth-order valence-corrected chi connectivity index (χ4v) is 1.81. The Morgan fingerprint density at radius 2 is 1.65 bits per heavy atom. The van der Waals surface area contributed by atoms with Crippen LogP contribution in [-0.4, -0.2) is 0 Å². The molecule has 0 spiro atoms. The lowest BCUT2D eigenvalue weighted by atomic mass is 10.1. The highest BCUT2D eigenvalue weighted by Gasteiger charge is 2.29. The molecule has 0 aliphatic carbocycles. The number of halogens is 3. The van der Waals surface area contributed by atoms with Gasteiger partial charge < -0.3 is 4.74 Å². The summed E-state index contributed by atoms with van der Waals surface area (Å²) in [5, 5.41) is 0. The molecule has 0 aromatic heterocycles. The highest BCUT2D eigenvalue weighted by atomic mass is 19.4. The van der Waals surface area contributed by atoms with Gasteiger partial charge in [0, 0.05) is 0 Å². The average Bonchev–Trinajstić information content (AvgIpc) is 2.45. The van der Waals surface area contributed by atoms with Gasteiger partial charge in [0.15, 0.2) is 0 Å². The van der Waals surface area contributed by atoms with Crippen LogP contribution in [0.4, 0.5) is 13.2 Å². The van der Waals surface area contributed by atoms with Gasteiger partial charge >= 0.3 is 6.18 Å². The van der Waals surface area contributed by atoms with Gasteiger partial charge in [0.1, 0.15) is 12.4 Å². The van der Waals surface area contributed by atoms with Crippen molar-refractivity contribution in [2.45, 2.75) is 26.1 Å². The molecule has 2 aromatic rings. The van der Waals surface area contributed by atoms with Crippen LogP contribution < -0.4 is 4.74 Å². The zero-order valence-electron chi connectivity index (χ0n) is 11.1. The molecule has 106 valence electrons. The molecule has 0 aliphatic heterocycles. The third-order valence-electron chi connectivity index (χ3n) is 2.99. The van der Waals surface area contributed by atoms with Crippen molar-refractivity contribution in [2.24, 2.45) is 0 Å². The molecule has 1 nitrogen and oxygen atoms in total. The van der Waals surface area contributed by atoms with Crippen LogP contribution in [0.3, 0.4) is 0 Å². The Hall–Kier alpha value is -1.97. The summed E-state index contributed by atoms with van der Waals surface area (Å²) in [6.45, 7) is 2.31. The van der Waals surface area contributed by atoms with Crippen molar-refractivity contribution in [2.75, 3.05) is 0 Å². The zero-order chi connectivity index (χ0) is 14.6. The minimum absolute atomic E-state index is 0.255. The third-order valence-corrected chi connectivity index (χ3v) is 2.99. The first-order valence-corrected chi connectivity index (χ1v) is 6.37. The molecular formula is C16H15F3O. The standard InChI is InChI=1S/C16H15F3O/c1-2-12-4-3-5-15(10-12)20-11-13-6-8-14(9-7-13)16(17,18)19/h3-10H,2,11H2,1H3. The first kappa shape index (κ1) is 14.4. The molecule has 0 saturated carbocycles. The number of ether oxygens (including phenoxy) is 1. The fourth-order valence-electron chi connectivity index (χ4n) is 1.81. The van der Waals surface area contributed by atoms with Crippen LogP contribution in [0, 0.1) is 0 Å². The van der Waals surface area contributed by atoms with E-state index in [9.17, 15) is 13.2 Å². The van der Waals surface area contributed by atoms with E-state index in [4.69, 9.17) is 4.74 Å². The van der Waals surface area contributed by atoms with E-state index in [0.717, 1.165) is 29.9 Å². The third kappa shape index (κ3) is 3.76. The van der Waals surface area contributed by atoms with Crippen molar-refractivity contribution in [1.82, 2.24) is 0 Å². The van der Waals surface area contributed by atoms with Crippen molar-refractivity contribution < 1.29 is 17.9 Å². The Labute approximate surface area is 116 Å². The van der Waals surface area contributed by atoms with E-state index in [1.165, 1.54) is 12.1 Å². The van der Waals surface area contributed by atoms with E-state index < -0.39 is 11.7 Å². The summed E-state index contributed by atoms with van der Waals surface area (Å²) in [5.41, 5.74) is 1.23. The van der Waals surface area contributed by atoms with Crippen molar-refractivity contribution in [1.29, 1.82) is 0 Å². The Kier molecular flexibility index (Phi) is 4.32. The monoisotopic (exact) mass is 280 g/mol. The van der Waals surface area contributed by atoms with Crippen molar-refractivity contribution >= 4 is 0 Å². The van der Waals surface area contributed by atoms with Crippen LogP contribution in [0.2, 0.25) is 0 Å². The zero-order valence-corrected chi connectivity index (χ0v) is 11.1. The minimum Gasteiger partial charge on any atom is -0.489 e. The number of benzene rings is 2. The van der Waals surface area contributed by atoms with Gasteiger partial charge in [0.2, 0.25) is 0 Å². The molecule has 2 rings (SSSR count). The quantitative estimate of drug-likeness (QED) is 0.778. The molecule has 0 bridgehead atoms. The molecule has 0 fully saturated rings. The van der Waals surface area contributed by atoms with Crippen molar-refractivity contribution in [3.63, 3.8) is 0 Å². The maximum Gasteiger partial charge on any atom is 0.416 e. The molecule has 0 atom stereocenters. The molecule has 2 aromatic carbocycles. The van der Waals surface area contributed by atoms with Crippen molar-refractivity contribution in [3.8, 4) is 5.75 Å². The Morgan fingerprint density at radius 3 is 2.25 bits per heavy atom. The lowest BCUT2D eigenvalue weighted by Gasteiger charge is -2.09. The van der Waals surface area contributed by atoms with Gasteiger partial charge in [-0.3, -0.25) is 0 Å². The number of rotatable bonds is 4. The summed E-state index contributed by atoms with van der Waals surface area (Å²) in [4.78, 5) is 0. The molecule has 0 heterocycles. The van der Waals surface area contributed by atoms with E-state index >= 15 is 0 Å². The average molecular weight is 280 g/mol. The van der Waals surface area contributed by atoms with Gasteiger partial charge in [0.05, 0.1) is 5.56 Å². The normalized spacial score (nSPS) is 11.4. The molecule has 0 unspecified atom stereocenters. The van der Waals surface area contributed by atoms with E-state index in [1.54, 1.807) is 0 Å². The van der Waals surface area contributed by atoms with Crippen LogP contribution in [-0.2, 0) is 19.2 Å². The molecule has 0 N–H and O–H groups in total. The van der Waals surface area contributed by atoms with Crippen LogP contribution in [0.1, 0.15) is 23.6 Å². The molecule has 0 radical (unpaired) electrons. The van der Waals surface area contributed by atoms with Crippen LogP contribution in [0.5, 0.6) is 5.75 Å². The first-order chi connectivity index (χ1) is 9.49. The number of aryl methyl sites for hydroxylation is 1. The van der Waals surface area contributed by atoms with Crippen LogP contribution in [0.15, 0.2) is 48.5 Å². The summed E-state index contributed by atoms with van der Waals surface area (Å²) in [6.07, 6.45) is -3.38. The summed E-state index contributed by atoms with van der Waals surface area (Å²) in [5.74, 6) is 0.726. The second-order valence-electron chi connectivity index (χ2n) is 4.48. The maximum absolute atomic E-state index is 12.4. The summed E-state index contributed by atoms with van der Waals surface area (Å²) >= 11 is 0. The van der Waals surface area contributed by atoms with Gasteiger partial charge in [-0.15, -0.1) is 0 Å². The molecule has 20 heavy (non-hydrogen) atoms. The van der Waals surface area contributed by atoms with Crippen LogP contribution >= 0.6 is 0 Å². The van der Waals surface area contributed by atoms with E-state index in [1.807, 2.05) is 24.3 Å². The van der Waals surface area contributed by atoms with E-state index in [0.29, 0.717) is 5.56 Å².